The van der Waals surface area contributed by atoms with Crippen molar-refractivity contribution in [3.05, 3.63) is 121 Å². The Labute approximate surface area is 303 Å². The zero-order chi connectivity index (χ0) is 37.1. The summed E-state index contributed by atoms with van der Waals surface area (Å²) in [6, 6.07) is 28.9. The van der Waals surface area contributed by atoms with E-state index < -0.39 is 39.2 Å². The van der Waals surface area contributed by atoms with Gasteiger partial charge in [0.2, 0.25) is 5.91 Å². The van der Waals surface area contributed by atoms with Crippen LogP contribution in [0.3, 0.4) is 0 Å². The first-order valence-electron chi connectivity index (χ1n) is 17.4. The summed E-state index contributed by atoms with van der Waals surface area (Å²) in [5.74, 6) is -1.09. The number of likely N-dealkylation sites (tertiary alicyclic amines) is 1. The minimum atomic E-state index is -3.15. The van der Waals surface area contributed by atoms with Gasteiger partial charge in [-0.1, -0.05) is 124 Å². The lowest BCUT2D eigenvalue weighted by Gasteiger charge is -2.52. The number of hydrogen-bond donors (Lipinski definition) is 0. The van der Waals surface area contributed by atoms with Crippen LogP contribution in [0.25, 0.3) is 0 Å². The number of ketones is 1. The fourth-order valence-electron chi connectivity index (χ4n) is 6.63. The molecule has 0 N–H and O–H groups in total. The molecule has 10 heteroatoms. The topological polar surface area (TPSA) is 90.7 Å². The van der Waals surface area contributed by atoms with E-state index in [1.54, 1.807) is 15.7 Å². The van der Waals surface area contributed by atoms with Gasteiger partial charge in [0.1, 0.15) is 23.5 Å². The number of esters is 1. The minimum absolute atomic E-state index is 0.0470. The van der Waals surface area contributed by atoms with Crippen LogP contribution in [-0.2, 0) is 25.8 Å². The molecule has 2 heterocycles. The molecule has 0 spiro atoms. The molecule has 0 unspecified atom stereocenters. The molecule has 1 aliphatic rings. The molecule has 0 aliphatic carbocycles. The predicted octanol–water partition coefficient (Wildman–Crippen LogP) is 6.39. The smallest absolute Gasteiger partial charge is 0.356 e. The largest absolute Gasteiger partial charge is 0.457 e. The number of Topliss-reactive ketones (excluding diaryl/α,β-unsaturated/α-hetero) is 1. The van der Waals surface area contributed by atoms with Crippen LogP contribution in [0.15, 0.2) is 110 Å². The summed E-state index contributed by atoms with van der Waals surface area (Å²) >= 11 is 0. The summed E-state index contributed by atoms with van der Waals surface area (Å²) in [4.78, 5) is 50.1. The van der Waals surface area contributed by atoms with Gasteiger partial charge in [0.25, 0.3) is 0 Å². The van der Waals surface area contributed by atoms with Crippen molar-refractivity contribution in [2.45, 2.75) is 71.3 Å². The summed E-state index contributed by atoms with van der Waals surface area (Å²) in [5.41, 5.74) is 0.542. The van der Waals surface area contributed by atoms with Crippen LogP contribution in [0.1, 0.15) is 50.4 Å². The second-order valence-electron chi connectivity index (χ2n) is 14.7. The molecule has 5 rings (SSSR count). The van der Waals surface area contributed by atoms with E-state index in [0.717, 1.165) is 15.9 Å². The third-order valence-corrected chi connectivity index (χ3v) is 19.2. The zero-order valence-corrected chi connectivity index (χ0v) is 32.9. The van der Waals surface area contributed by atoms with Gasteiger partial charge in [-0.3, -0.25) is 9.59 Å². The maximum absolute atomic E-state index is 15.0. The number of nitrogens with zero attached hydrogens (tertiary/aromatic N) is 3. The number of carbonyl (C=O) groups is 3. The van der Waals surface area contributed by atoms with Crippen LogP contribution in [0.2, 0.25) is 18.1 Å². The summed E-state index contributed by atoms with van der Waals surface area (Å²) in [5, 5.41) is 2.52. The third kappa shape index (κ3) is 7.25. The molecule has 1 saturated heterocycles. The molecule has 268 valence electrons. The number of rotatable bonds is 13. The van der Waals surface area contributed by atoms with Crippen molar-refractivity contribution < 1.29 is 23.5 Å². The van der Waals surface area contributed by atoms with Gasteiger partial charge in [0.05, 0.1) is 18.1 Å². The number of benzene rings is 3. The molecular weight excluding hydrogens is 674 g/mol. The van der Waals surface area contributed by atoms with Gasteiger partial charge < -0.3 is 18.6 Å². The number of imidazole rings is 1. The van der Waals surface area contributed by atoms with Gasteiger partial charge in [-0.25, -0.2) is 9.78 Å². The van der Waals surface area contributed by atoms with Crippen molar-refractivity contribution in [3.63, 3.8) is 0 Å². The Morgan fingerprint density at radius 3 is 1.84 bits per heavy atom. The molecule has 51 heavy (non-hydrogen) atoms. The molecule has 0 bridgehead atoms. The Balaban J connectivity index is 1.84. The summed E-state index contributed by atoms with van der Waals surface area (Å²) < 4.78 is 14.6. The fraction of sp³-hybridized carbons (Fsp3) is 0.341. The summed E-state index contributed by atoms with van der Waals surface area (Å²) in [6.45, 7) is 15.1. The van der Waals surface area contributed by atoms with Gasteiger partial charge >= 0.3 is 5.97 Å². The molecule has 3 aromatic carbocycles. The Morgan fingerprint density at radius 2 is 1.43 bits per heavy atom. The van der Waals surface area contributed by atoms with E-state index in [1.807, 2.05) is 112 Å². The highest BCUT2D eigenvalue weighted by molar-refractivity contribution is 7.96. The first kappa shape index (κ1) is 37.9. The average molecular weight is 724 g/mol. The number of amides is 1. The molecule has 0 saturated carbocycles. The Kier molecular flexibility index (Phi) is 11.3. The Hall–Kier alpha value is -4.30. The van der Waals surface area contributed by atoms with Gasteiger partial charge in [-0.05, 0) is 47.9 Å². The van der Waals surface area contributed by atoms with Crippen molar-refractivity contribution in [1.29, 1.82) is 0 Å². The van der Waals surface area contributed by atoms with Crippen molar-refractivity contribution in [1.82, 2.24) is 14.5 Å². The van der Waals surface area contributed by atoms with Crippen molar-refractivity contribution in [3.8, 4) is 0 Å². The number of aryl methyl sites for hydroxylation is 2. The molecule has 0 radical (unpaired) electrons. The number of carbonyl (C=O) groups excluding carboxylic acids is 3. The summed E-state index contributed by atoms with van der Waals surface area (Å²) in [7, 11) is -0.494. The molecule has 1 aromatic heterocycles. The highest BCUT2D eigenvalue weighted by Gasteiger charge is 2.57. The van der Waals surface area contributed by atoms with E-state index >= 15 is 0 Å². The van der Waals surface area contributed by atoms with E-state index in [9.17, 15) is 14.4 Å². The van der Waals surface area contributed by atoms with Crippen molar-refractivity contribution in [2.75, 3.05) is 6.61 Å². The molecule has 1 amide bonds. The van der Waals surface area contributed by atoms with Gasteiger partial charge in [0.15, 0.2) is 14.1 Å². The number of aromatic nitrogens is 2. The highest BCUT2D eigenvalue weighted by Crippen LogP contribution is 2.50. The number of β-lactam (4-membered cyclic amide) rings is 1. The Bertz CT molecular complexity index is 1830. The molecule has 1 aliphatic heterocycles. The first-order chi connectivity index (χ1) is 24.1. The Morgan fingerprint density at radius 1 is 0.941 bits per heavy atom. The second kappa shape index (κ2) is 15.1. The van der Waals surface area contributed by atoms with E-state index in [0.29, 0.717) is 11.5 Å². The van der Waals surface area contributed by atoms with Crippen LogP contribution < -0.4 is 15.9 Å². The van der Waals surface area contributed by atoms with Crippen LogP contribution in [-0.4, -0.2) is 64.6 Å². The van der Waals surface area contributed by atoms with E-state index in [2.05, 4.69) is 45.4 Å². The summed E-state index contributed by atoms with van der Waals surface area (Å²) in [6.07, 6.45) is 2.67. The highest BCUT2D eigenvalue weighted by atomic mass is 31.2. The fourth-order valence-corrected chi connectivity index (χ4v) is 12.5. The van der Waals surface area contributed by atoms with Crippen LogP contribution in [0.4, 0.5) is 0 Å². The van der Waals surface area contributed by atoms with Crippen LogP contribution in [0.5, 0.6) is 0 Å². The first-order valence-corrected chi connectivity index (χ1v) is 22.1. The van der Waals surface area contributed by atoms with Gasteiger partial charge in [-0.15, -0.1) is 0 Å². The monoisotopic (exact) mass is 723 g/mol. The van der Waals surface area contributed by atoms with Gasteiger partial charge in [0, 0.05) is 26.6 Å². The van der Waals surface area contributed by atoms with Crippen LogP contribution in [0, 0.1) is 12.8 Å². The van der Waals surface area contributed by atoms with Crippen LogP contribution >= 0.6 is 6.89 Å². The third-order valence-electron chi connectivity index (χ3n) is 10.3. The molecule has 3 atom stereocenters. The lowest BCUT2D eigenvalue weighted by molar-refractivity contribution is -0.156. The van der Waals surface area contributed by atoms with Crippen molar-refractivity contribution >= 4 is 54.2 Å². The maximum Gasteiger partial charge on any atom is 0.356 e. The zero-order valence-electron chi connectivity index (χ0n) is 31.0. The average Bonchev–Trinajstić information content (AvgIpc) is 3.45. The minimum Gasteiger partial charge on any atom is -0.457 e. The number of ether oxygens (including phenoxy) is 1. The van der Waals surface area contributed by atoms with E-state index in [-0.39, 0.29) is 35.2 Å². The lowest BCUT2D eigenvalue weighted by Crippen LogP contribution is -2.69. The van der Waals surface area contributed by atoms with E-state index in [1.165, 1.54) is 6.08 Å². The molecule has 8 nitrogen and oxygen atoms in total. The molecule has 1 fully saturated rings. The molecule has 4 aromatic rings. The maximum atomic E-state index is 15.0. The second-order valence-corrected chi connectivity index (χ2v) is 22.8. The predicted molar refractivity (Wildman–Crippen MR) is 210 cm³/mol. The quantitative estimate of drug-likeness (QED) is 0.0397. The molecular formula is C41H50N3O5PSi. The van der Waals surface area contributed by atoms with E-state index in [4.69, 9.17) is 9.16 Å². The normalized spacial score (nSPS) is 17.0. The number of hydrogen-bond acceptors (Lipinski definition) is 6. The standard InChI is InChI=1S/C41H50N3O5PSi/c1-10-26-48-40(47)39(50(31-20-14-11-15-21-31,32-22-16-12-17-23-32)33-24-18-13-19-25-33)44-35(27-36(45)34-28-43(7)30(3)42-34)37(38(44)46)29(2)49-51(8,9)41(4,5)6/h10-25,28-29,35,37H,1,26-27H2,2-9H3/t29-,35-,37-/m1/s1. The lowest BCUT2D eigenvalue weighted by atomic mass is 9.80. The SMILES string of the molecule is C=CCOC(=O)C(N1C(=O)[C@H]([C@@H](C)O[Si](C)(C)C(C)(C)C)[C@H]1CC(=O)c1cn(C)c(C)n1)=P(c1ccccc1)(c1ccccc1)c1ccccc1. The van der Waals surface area contributed by atoms with Gasteiger partial charge in [-0.2, -0.15) is 0 Å². The van der Waals surface area contributed by atoms with Crippen molar-refractivity contribution in [2.24, 2.45) is 13.0 Å².